The second-order valence-corrected chi connectivity index (χ2v) is 8.11. The van der Waals surface area contributed by atoms with E-state index in [2.05, 4.69) is 79.0 Å². The summed E-state index contributed by atoms with van der Waals surface area (Å²) in [6.45, 7) is 5.55. The number of aromatic amines is 1. The van der Waals surface area contributed by atoms with E-state index >= 15 is 0 Å². The summed E-state index contributed by atoms with van der Waals surface area (Å²) in [5, 5.41) is 14.3. The minimum absolute atomic E-state index is 0.381. The predicted octanol–water partition coefficient (Wildman–Crippen LogP) is 2.64. The van der Waals surface area contributed by atoms with E-state index in [-0.39, 0.29) is 0 Å². The van der Waals surface area contributed by atoms with Crippen LogP contribution in [-0.2, 0) is 19.3 Å². The molecule has 0 saturated carbocycles. The van der Waals surface area contributed by atoms with Crippen molar-refractivity contribution in [2.75, 3.05) is 32.7 Å². The van der Waals surface area contributed by atoms with Gasteiger partial charge in [-0.15, -0.1) is 10.2 Å². The van der Waals surface area contributed by atoms with Crippen LogP contribution in [0.15, 0.2) is 48.5 Å². The quantitative estimate of drug-likeness (QED) is 0.728. The highest BCUT2D eigenvalue weighted by Crippen LogP contribution is 2.37. The summed E-state index contributed by atoms with van der Waals surface area (Å²) < 4.78 is 0. The maximum Gasteiger partial charge on any atom is 0.174 e. The van der Waals surface area contributed by atoms with Crippen LogP contribution in [0.1, 0.15) is 40.5 Å². The van der Waals surface area contributed by atoms with Gasteiger partial charge in [0.2, 0.25) is 0 Å². The molecule has 0 amide bonds. The molecular weight excluding hydrogens is 360 g/mol. The van der Waals surface area contributed by atoms with Gasteiger partial charge in [-0.05, 0) is 48.1 Å². The van der Waals surface area contributed by atoms with Crippen LogP contribution in [0.25, 0.3) is 0 Å². The smallest absolute Gasteiger partial charge is 0.174 e. The SMILES string of the molecule is c1ccc2c(c1)CCc1ccccc1C2N1CCN(CCCc2nn[nH]n2)CC1. The maximum absolute atomic E-state index is 4.05. The monoisotopic (exact) mass is 388 g/mol. The molecule has 6 heteroatoms. The Morgan fingerprint density at radius 3 is 2.14 bits per heavy atom. The minimum atomic E-state index is 0.381. The lowest BCUT2D eigenvalue weighted by Crippen LogP contribution is -2.48. The van der Waals surface area contributed by atoms with Gasteiger partial charge >= 0.3 is 0 Å². The fourth-order valence-electron chi connectivity index (χ4n) is 4.88. The molecule has 0 radical (unpaired) electrons. The Morgan fingerprint density at radius 2 is 1.52 bits per heavy atom. The fraction of sp³-hybridized carbons (Fsp3) is 0.435. The van der Waals surface area contributed by atoms with E-state index in [4.69, 9.17) is 0 Å². The molecule has 150 valence electrons. The molecule has 29 heavy (non-hydrogen) atoms. The summed E-state index contributed by atoms with van der Waals surface area (Å²) in [7, 11) is 0. The Labute approximate surface area is 171 Å². The van der Waals surface area contributed by atoms with E-state index in [0.29, 0.717) is 6.04 Å². The topological polar surface area (TPSA) is 60.9 Å². The third-order valence-corrected chi connectivity index (χ3v) is 6.40. The number of benzene rings is 2. The van der Waals surface area contributed by atoms with E-state index in [9.17, 15) is 0 Å². The molecule has 0 unspecified atom stereocenters. The van der Waals surface area contributed by atoms with Gasteiger partial charge in [-0.1, -0.05) is 53.7 Å². The molecule has 1 aromatic heterocycles. The number of H-pyrrole nitrogens is 1. The van der Waals surface area contributed by atoms with Crippen molar-refractivity contribution in [2.24, 2.45) is 0 Å². The zero-order valence-electron chi connectivity index (χ0n) is 16.8. The number of hydrogen-bond acceptors (Lipinski definition) is 5. The zero-order valence-corrected chi connectivity index (χ0v) is 16.8. The Balaban J connectivity index is 1.29. The molecule has 1 saturated heterocycles. The molecule has 2 aromatic carbocycles. The first kappa shape index (κ1) is 18.5. The third-order valence-electron chi connectivity index (χ3n) is 6.40. The molecule has 1 aliphatic heterocycles. The summed E-state index contributed by atoms with van der Waals surface area (Å²) in [5.74, 6) is 0.815. The first-order valence-electron chi connectivity index (χ1n) is 10.7. The van der Waals surface area contributed by atoms with E-state index in [0.717, 1.165) is 64.2 Å². The maximum atomic E-state index is 4.05. The summed E-state index contributed by atoms with van der Waals surface area (Å²) in [6, 6.07) is 18.5. The van der Waals surface area contributed by atoms with Gasteiger partial charge in [0.05, 0.1) is 6.04 Å². The highest BCUT2D eigenvalue weighted by molar-refractivity contribution is 5.44. The van der Waals surface area contributed by atoms with E-state index in [1.165, 1.54) is 22.3 Å². The number of piperazine rings is 1. The molecule has 2 aliphatic rings. The van der Waals surface area contributed by atoms with Gasteiger partial charge in [0.1, 0.15) is 0 Å². The summed E-state index contributed by atoms with van der Waals surface area (Å²) in [5.41, 5.74) is 6.03. The lowest BCUT2D eigenvalue weighted by atomic mass is 9.92. The van der Waals surface area contributed by atoms with Crippen LogP contribution >= 0.6 is 0 Å². The van der Waals surface area contributed by atoms with Gasteiger partial charge in [0, 0.05) is 32.6 Å². The predicted molar refractivity (Wildman–Crippen MR) is 113 cm³/mol. The van der Waals surface area contributed by atoms with Crippen LogP contribution in [0, 0.1) is 0 Å². The summed E-state index contributed by atoms with van der Waals surface area (Å²) in [6.07, 6.45) is 4.24. The van der Waals surface area contributed by atoms with Gasteiger partial charge in [0.15, 0.2) is 5.82 Å². The highest BCUT2D eigenvalue weighted by atomic mass is 15.5. The molecule has 2 heterocycles. The average molecular weight is 389 g/mol. The number of hydrogen-bond donors (Lipinski definition) is 1. The third kappa shape index (κ3) is 3.95. The van der Waals surface area contributed by atoms with Crippen LogP contribution in [0.2, 0.25) is 0 Å². The number of aryl methyl sites for hydroxylation is 3. The van der Waals surface area contributed by atoms with Crippen molar-refractivity contribution in [1.29, 1.82) is 0 Å². The standard InChI is InChI=1S/C23H28N6/c1-3-8-20-18(6-1)11-12-19-7-2-4-9-21(19)23(20)29-16-14-28(15-17-29)13-5-10-22-24-26-27-25-22/h1-4,6-9,23H,5,10-17H2,(H,24,25,26,27). The molecule has 1 N–H and O–H groups in total. The van der Waals surface area contributed by atoms with Crippen molar-refractivity contribution in [3.63, 3.8) is 0 Å². The Bertz CT molecular complexity index is 883. The van der Waals surface area contributed by atoms with Crippen LogP contribution < -0.4 is 0 Å². The van der Waals surface area contributed by atoms with Crippen LogP contribution in [0.4, 0.5) is 0 Å². The highest BCUT2D eigenvalue weighted by Gasteiger charge is 2.30. The van der Waals surface area contributed by atoms with Crippen molar-refractivity contribution < 1.29 is 0 Å². The van der Waals surface area contributed by atoms with Crippen LogP contribution in [-0.4, -0.2) is 63.1 Å². The Morgan fingerprint density at radius 1 is 0.862 bits per heavy atom. The number of nitrogens with one attached hydrogen (secondary N) is 1. The number of tetrazole rings is 1. The summed E-state index contributed by atoms with van der Waals surface area (Å²) >= 11 is 0. The molecule has 3 aromatic rings. The first-order valence-corrected chi connectivity index (χ1v) is 10.7. The summed E-state index contributed by atoms with van der Waals surface area (Å²) in [4.78, 5) is 5.27. The number of aromatic nitrogens is 4. The van der Waals surface area contributed by atoms with E-state index in [1.807, 2.05) is 0 Å². The van der Waals surface area contributed by atoms with E-state index < -0.39 is 0 Å². The number of nitrogens with zero attached hydrogens (tertiary/aromatic N) is 5. The van der Waals surface area contributed by atoms with Gasteiger partial charge in [-0.3, -0.25) is 4.90 Å². The molecule has 0 spiro atoms. The fourth-order valence-corrected chi connectivity index (χ4v) is 4.88. The lowest BCUT2D eigenvalue weighted by Gasteiger charge is -2.40. The average Bonchev–Trinajstić information content (AvgIpc) is 3.22. The van der Waals surface area contributed by atoms with Gasteiger partial charge in [-0.25, -0.2) is 0 Å². The van der Waals surface area contributed by atoms with Crippen LogP contribution in [0.3, 0.4) is 0 Å². The van der Waals surface area contributed by atoms with Gasteiger partial charge < -0.3 is 4.90 Å². The van der Waals surface area contributed by atoms with Crippen molar-refractivity contribution >= 4 is 0 Å². The first-order chi connectivity index (χ1) is 14.4. The van der Waals surface area contributed by atoms with E-state index in [1.54, 1.807) is 0 Å². The Hall–Kier alpha value is -2.57. The number of fused-ring (bicyclic) bond motifs is 2. The normalized spacial score (nSPS) is 18.2. The molecule has 6 nitrogen and oxygen atoms in total. The zero-order chi connectivity index (χ0) is 19.5. The van der Waals surface area contributed by atoms with Crippen molar-refractivity contribution in [1.82, 2.24) is 30.4 Å². The second kappa shape index (κ2) is 8.43. The van der Waals surface area contributed by atoms with Gasteiger partial charge in [-0.2, -0.15) is 5.21 Å². The van der Waals surface area contributed by atoms with Crippen LogP contribution in [0.5, 0.6) is 0 Å². The molecule has 0 atom stereocenters. The largest absolute Gasteiger partial charge is 0.301 e. The molecular formula is C23H28N6. The molecule has 0 bridgehead atoms. The second-order valence-electron chi connectivity index (χ2n) is 8.11. The molecule has 1 aliphatic carbocycles. The molecule has 1 fully saturated rings. The van der Waals surface area contributed by atoms with Crippen molar-refractivity contribution in [3.05, 3.63) is 76.6 Å². The molecule has 5 rings (SSSR count). The Kier molecular flexibility index (Phi) is 5.37. The van der Waals surface area contributed by atoms with Crippen molar-refractivity contribution in [2.45, 2.75) is 31.7 Å². The van der Waals surface area contributed by atoms with Gasteiger partial charge in [0.25, 0.3) is 0 Å². The minimum Gasteiger partial charge on any atom is -0.301 e. The lowest BCUT2D eigenvalue weighted by molar-refractivity contribution is 0.108. The van der Waals surface area contributed by atoms with Crippen molar-refractivity contribution in [3.8, 4) is 0 Å². The number of rotatable bonds is 5.